The minimum absolute atomic E-state index is 0.00751. The number of pyridine rings is 1. The van der Waals surface area contributed by atoms with Crippen LogP contribution in [0.1, 0.15) is 35.0 Å². The maximum Gasteiger partial charge on any atom is 0.417 e. The van der Waals surface area contributed by atoms with Crippen LogP contribution >= 0.6 is 27.5 Å². The predicted octanol–water partition coefficient (Wildman–Crippen LogP) is 5.95. The molecule has 6 heteroatoms. The molecule has 1 aromatic heterocycles. The number of halogens is 5. The van der Waals surface area contributed by atoms with Gasteiger partial charge in [-0.3, -0.25) is 4.98 Å². The predicted molar refractivity (Wildman–Crippen MR) is 80.4 cm³/mol. The molecule has 1 heterocycles. The molecule has 2 unspecified atom stereocenters. The zero-order chi connectivity index (χ0) is 15.6. The first-order valence-corrected chi connectivity index (χ1v) is 7.45. The van der Waals surface area contributed by atoms with Gasteiger partial charge in [0.25, 0.3) is 0 Å². The quantitative estimate of drug-likeness (QED) is 0.602. The van der Waals surface area contributed by atoms with Gasteiger partial charge in [0.15, 0.2) is 0 Å². The Hall–Kier alpha value is -1.07. The number of hydrogen-bond donors (Lipinski definition) is 0. The summed E-state index contributed by atoms with van der Waals surface area (Å²) >= 11 is 9.26. The van der Waals surface area contributed by atoms with Crippen LogP contribution in [0.3, 0.4) is 0 Å². The Morgan fingerprint density at radius 2 is 1.90 bits per heavy atom. The normalized spacial score (nSPS) is 14.8. The molecule has 0 fully saturated rings. The highest BCUT2D eigenvalue weighted by Gasteiger charge is 2.34. The molecule has 112 valence electrons. The summed E-state index contributed by atoms with van der Waals surface area (Å²) in [6.45, 7) is 1.84. The van der Waals surface area contributed by atoms with Gasteiger partial charge in [0, 0.05) is 22.3 Å². The lowest BCUT2D eigenvalue weighted by atomic mass is 9.95. The average molecular weight is 379 g/mol. The fourth-order valence-corrected chi connectivity index (χ4v) is 2.75. The third-order valence-electron chi connectivity index (χ3n) is 3.21. The molecule has 0 spiro atoms. The van der Waals surface area contributed by atoms with Gasteiger partial charge in [0.05, 0.1) is 10.9 Å². The van der Waals surface area contributed by atoms with E-state index >= 15 is 0 Å². The SMILES string of the molecule is CC(c1ccccn1)C(Cl)c1ccc(Br)c(C(F)(F)F)c1. The van der Waals surface area contributed by atoms with E-state index in [4.69, 9.17) is 11.6 Å². The standard InChI is InChI=1S/C15H12BrClF3N/c1-9(13-4-2-3-7-21-13)14(17)10-5-6-12(16)11(8-10)15(18,19)20/h2-9,14H,1H3. The summed E-state index contributed by atoms with van der Waals surface area (Å²) in [5.74, 6) is -0.199. The highest BCUT2D eigenvalue weighted by atomic mass is 79.9. The highest BCUT2D eigenvalue weighted by Crippen LogP contribution is 2.40. The number of rotatable bonds is 3. The van der Waals surface area contributed by atoms with Gasteiger partial charge in [0.2, 0.25) is 0 Å². The summed E-state index contributed by atoms with van der Waals surface area (Å²) < 4.78 is 38.8. The highest BCUT2D eigenvalue weighted by molar-refractivity contribution is 9.10. The van der Waals surface area contributed by atoms with Crippen molar-refractivity contribution < 1.29 is 13.2 Å². The lowest BCUT2D eigenvalue weighted by Crippen LogP contribution is -2.09. The Balaban J connectivity index is 2.34. The fourth-order valence-electron chi connectivity index (χ4n) is 2.02. The number of nitrogens with zero attached hydrogens (tertiary/aromatic N) is 1. The molecular weight excluding hydrogens is 367 g/mol. The van der Waals surface area contributed by atoms with Crippen LogP contribution in [-0.2, 0) is 6.18 Å². The minimum Gasteiger partial charge on any atom is -0.261 e. The summed E-state index contributed by atoms with van der Waals surface area (Å²) in [7, 11) is 0. The molecule has 0 aliphatic carbocycles. The Kier molecular flexibility index (Phi) is 4.94. The van der Waals surface area contributed by atoms with Crippen LogP contribution in [-0.4, -0.2) is 4.98 Å². The Morgan fingerprint density at radius 1 is 1.19 bits per heavy atom. The fraction of sp³-hybridized carbons (Fsp3) is 0.267. The van der Waals surface area contributed by atoms with Crippen molar-refractivity contribution in [2.75, 3.05) is 0 Å². The van der Waals surface area contributed by atoms with Crippen LogP contribution in [0.5, 0.6) is 0 Å². The zero-order valence-electron chi connectivity index (χ0n) is 11.0. The van der Waals surface area contributed by atoms with Gasteiger partial charge in [-0.2, -0.15) is 13.2 Å². The van der Waals surface area contributed by atoms with E-state index in [1.807, 2.05) is 19.1 Å². The lowest BCUT2D eigenvalue weighted by molar-refractivity contribution is -0.138. The maximum atomic E-state index is 12.9. The maximum absolute atomic E-state index is 12.9. The molecule has 21 heavy (non-hydrogen) atoms. The summed E-state index contributed by atoms with van der Waals surface area (Å²) in [6.07, 6.45) is -2.78. The molecule has 2 aromatic rings. The molecule has 0 radical (unpaired) electrons. The van der Waals surface area contributed by atoms with E-state index in [0.717, 1.165) is 11.8 Å². The molecule has 0 amide bonds. The van der Waals surface area contributed by atoms with Gasteiger partial charge in [-0.15, -0.1) is 11.6 Å². The van der Waals surface area contributed by atoms with Crippen molar-refractivity contribution in [1.29, 1.82) is 0 Å². The molecule has 0 bridgehead atoms. The average Bonchev–Trinajstić information content (AvgIpc) is 2.46. The van der Waals surface area contributed by atoms with E-state index < -0.39 is 17.1 Å². The molecule has 1 aromatic carbocycles. The summed E-state index contributed by atoms with van der Waals surface area (Å²) in [6, 6.07) is 9.46. The van der Waals surface area contributed by atoms with Crippen molar-refractivity contribution in [1.82, 2.24) is 4.98 Å². The first-order valence-electron chi connectivity index (χ1n) is 6.22. The molecule has 1 nitrogen and oxygen atoms in total. The van der Waals surface area contributed by atoms with Crippen LogP contribution in [0.2, 0.25) is 0 Å². The van der Waals surface area contributed by atoms with Gasteiger partial charge in [-0.25, -0.2) is 0 Å². The summed E-state index contributed by atoms with van der Waals surface area (Å²) in [4.78, 5) is 4.20. The number of alkyl halides is 4. The molecule has 0 saturated heterocycles. The van der Waals surface area contributed by atoms with E-state index in [0.29, 0.717) is 5.56 Å². The van der Waals surface area contributed by atoms with Gasteiger partial charge in [-0.05, 0) is 29.8 Å². The Labute approximate surface area is 134 Å². The Bertz CT molecular complexity index is 616. The van der Waals surface area contributed by atoms with Crippen LogP contribution in [0, 0.1) is 0 Å². The first kappa shape index (κ1) is 16.3. The second-order valence-corrected chi connectivity index (χ2v) is 6.01. The van der Waals surface area contributed by atoms with Crippen LogP contribution < -0.4 is 0 Å². The second kappa shape index (κ2) is 6.36. The van der Waals surface area contributed by atoms with Crippen LogP contribution in [0.25, 0.3) is 0 Å². The third-order valence-corrected chi connectivity index (χ3v) is 4.53. The molecule has 2 rings (SSSR count). The molecule has 0 saturated carbocycles. The summed E-state index contributed by atoms with van der Waals surface area (Å²) in [5, 5.41) is -0.589. The molecule has 2 atom stereocenters. The van der Waals surface area contributed by atoms with E-state index in [-0.39, 0.29) is 10.4 Å². The number of benzene rings is 1. The van der Waals surface area contributed by atoms with E-state index in [2.05, 4.69) is 20.9 Å². The van der Waals surface area contributed by atoms with Crippen LogP contribution in [0.15, 0.2) is 47.1 Å². The Morgan fingerprint density at radius 3 is 2.48 bits per heavy atom. The largest absolute Gasteiger partial charge is 0.417 e. The van der Waals surface area contributed by atoms with Crippen molar-refractivity contribution in [2.45, 2.75) is 24.4 Å². The van der Waals surface area contributed by atoms with Crippen molar-refractivity contribution in [3.05, 3.63) is 63.9 Å². The second-order valence-electron chi connectivity index (χ2n) is 4.68. The smallest absolute Gasteiger partial charge is 0.261 e. The third kappa shape index (κ3) is 3.77. The van der Waals surface area contributed by atoms with Crippen molar-refractivity contribution in [3.8, 4) is 0 Å². The number of aromatic nitrogens is 1. The van der Waals surface area contributed by atoms with Gasteiger partial charge < -0.3 is 0 Å². The van der Waals surface area contributed by atoms with E-state index in [1.165, 1.54) is 6.07 Å². The number of hydrogen-bond acceptors (Lipinski definition) is 1. The van der Waals surface area contributed by atoms with Crippen molar-refractivity contribution in [3.63, 3.8) is 0 Å². The summed E-state index contributed by atoms with van der Waals surface area (Å²) in [5.41, 5.74) is 0.443. The topological polar surface area (TPSA) is 12.9 Å². The van der Waals surface area contributed by atoms with Crippen molar-refractivity contribution >= 4 is 27.5 Å². The van der Waals surface area contributed by atoms with E-state index in [9.17, 15) is 13.2 Å². The van der Waals surface area contributed by atoms with Gasteiger partial charge in [-0.1, -0.05) is 35.0 Å². The van der Waals surface area contributed by atoms with Crippen molar-refractivity contribution in [2.24, 2.45) is 0 Å². The molecule has 0 aliphatic rings. The zero-order valence-corrected chi connectivity index (χ0v) is 13.4. The van der Waals surface area contributed by atoms with E-state index in [1.54, 1.807) is 18.3 Å². The lowest BCUT2D eigenvalue weighted by Gasteiger charge is -2.19. The monoisotopic (exact) mass is 377 g/mol. The molecule has 0 N–H and O–H groups in total. The first-order chi connectivity index (χ1) is 9.80. The minimum atomic E-state index is -4.42. The molecular formula is C15H12BrClF3N. The van der Waals surface area contributed by atoms with Gasteiger partial charge in [0.1, 0.15) is 0 Å². The van der Waals surface area contributed by atoms with Crippen LogP contribution in [0.4, 0.5) is 13.2 Å². The molecule has 0 aliphatic heterocycles. The van der Waals surface area contributed by atoms with Gasteiger partial charge >= 0.3 is 6.18 Å².